The maximum Gasteiger partial charge on any atom is 0.256 e. The van der Waals surface area contributed by atoms with E-state index >= 15 is 0 Å². The summed E-state index contributed by atoms with van der Waals surface area (Å²) < 4.78 is 39.2. The number of aromatic nitrogens is 1. The number of sulfonamides is 1. The van der Waals surface area contributed by atoms with Crippen LogP contribution in [0.3, 0.4) is 0 Å². The molecular weight excluding hydrogens is 626 g/mol. The molecule has 3 fully saturated rings. The van der Waals surface area contributed by atoms with Gasteiger partial charge in [-0.05, 0) is 57.9 Å². The Labute approximate surface area is 276 Å². The van der Waals surface area contributed by atoms with E-state index in [1.165, 1.54) is 4.90 Å². The molecule has 258 valence electrons. The normalized spacial score (nSPS) is 28.2. The Kier molecular flexibility index (Phi) is 10.8. The minimum absolute atomic E-state index is 0.0647. The number of pyridine rings is 1. The van der Waals surface area contributed by atoms with Crippen LogP contribution in [0.25, 0.3) is 0 Å². The Balaban J connectivity index is 1.42. The molecule has 0 bridgehead atoms. The number of carbonyl (C=O) groups excluding carboxylic acids is 4. The first-order chi connectivity index (χ1) is 22.4. The highest BCUT2D eigenvalue weighted by Crippen LogP contribution is 2.45. The lowest BCUT2D eigenvalue weighted by molar-refractivity contribution is -0.143. The number of nitrogens with one attached hydrogen (secondary N) is 3. The fourth-order valence-electron chi connectivity index (χ4n) is 6.02. The molecule has 14 heteroatoms. The first-order valence-corrected chi connectivity index (χ1v) is 18.3. The van der Waals surface area contributed by atoms with Crippen LogP contribution >= 0.6 is 0 Å². The monoisotopic (exact) mass is 673 g/mol. The van der Waals surface area contributed by atoms with Crippen LogP contribution in [-0.2, 0) is 29.2 Å². The molecule has 1 aromatic heterocycles. The van der Waals surface area contributed by atoms with Crippen molar-refractivity contribution >= 4 is 33.7 Å². The van der Waals surface area contributed by atoms with Crippen LogP contribution in [0.4, 0.5) is 0 Å². The molecule has 3 N–H and O–H groups in total. The first kappa shape index (κ1) is 34.6. The topological polar surface area (TPSA) is 173 Å². The minimum Gasteiger partial charge on any atom is -0.488 e. The number of allylic oxidation sites excluding steroid dienone is 1. The van der Waals surface area contributed by atoms with Crippen LogP contribution in [0.1, 0.15) is 85.0 Å². The van der Waals surface area contributed by atoms with Gasteiger partial charge in [-0.2, -0.15) is 0 Å². The SMILES string of the molecule is CCOc1cc(OC2CC3C(=O)NC(C(=O)NS(=O)(=O)C4CC4)C(C)C=CCCCCCC(NC(=O)C4(C)CC4)C(=O)N3C2)ccn1. The number of ether oxygens (including phenoxy) is 2. The number of rotatable bonds is 9. The largest absolute Gasteiger partial charge is 0.488 e. The zero-order valence-corrected chi connectivity index (χ0v) is 28.2. The van der Waals surface area contributed by atoms with Gasteiger partial charge in [0.1, 0.15) is 30.0 Å². The lowest BCUT2D eigenvalue weighted by atomic mass is 9.99. The van der Waals surface area contributed by atoms with Gasteiger partial charge in [0.15, 0.2) is 0 Å². The van der Waals surface area contributed by atoms with Gasteiger partial charge in [-0.25, -0.2) is 13.4 Å². The second kappa shape index (κ2) is 14.6. The van der Waals surface area contributed by atoms with Crippen LogP contribution in [0.2, 0.25) is 0 Å². The number of hydrogen-bond acceptors (Lipinski definition) is 9. The molecular formula is C33H47N5O8S. The molecule has 3 heterocycles. The number of nitrogens with zero attached hydrogens (tertiary/aromatic N) is 2. The summed E-state index contributed by atoms with van der Waals surface area (Å²) in [4.78, 5) is 60.4. The van der Waals surface area contributed by atoms with E-state index in [1.54, 1.807) is 25.3 Å². The summed E-state index contributed by atoms with van der Waals surface area (Å²) in [6.45, 7) is 5.94. The van der Waals surface area contributed by atoms with Gasteiger partial charge >= 0.3 is 0 Å². The Hall–Kier alpha value is -3.68. The van der Waals surface area contributed by atoms with Crippen molar-refractivity contribution < 1.29 is 37.1 Å². The van der Waals surface area contributed by atoms with Crippen molar-refractivity contribution in [3.05, 3.63) is 30.5 Å². The van der Waals surface area contributed by atoms with Gasteiger partial charge in [-0.3, -0.25) is 23.9 Å². The molecule has 0 aromatic carbocycles. The number of amides is 4. The zero-order chi connectivity index (χ0) is 33.8. The highest BCUT2D eigenvalue weighted by atomic mass is 32.2. The summed E-state index contributed by atoms with van der Waals surface area (Å²) in [5.74, 6) is -1.69. The van der Waals surface area contributed by atoms with E-state index in [2.05, 4.69) is 20.3 Å². The molecule has 1 saturated heterocycles. The number of fused-ring (bicyclic) bond motifs is 1. The summed E-state index contributed by atoms with van der Waals surface area (Å²) in [6.07, 6.45) is 10.8. The van der Waals surface area contributed by atoms with Gasteiger partial charge in [0.05, 0.1) is 18.4 Å². The standard InChI is InChI=1S/C33H47N5O8S/c1-4-45-27-19-22(14-17-34-27)46-23-18-26-29(39)36-28(30(40)37-47(43,44)24-12-13-24)21(2)10-8-6-5-7-9-11-25(31(41)38(26)20-23)35-32(42)33(3)15-16-33/h8,10,14,17,19,21,23-26,28H,4-7,9,11-13,15-16,18,20H2,1-3H3,(H,35,42)(H,36,39)(H,37,40). The first-order valence-electron chi connectivity index (χ1n) is 16.8. The molecule has 0 spiro atoms. The maximum atomic E-state index is 14.3. The van der Waals surface area contributed by atoms with Gasteiger partial charge in [0, 0.05) is 30.0 Å². The molecule has 47 heavy (non-hydrogen) atoms. The molecule has 0 radical (unpaired) electrons. The second-order valence-corrected chi connectivity index (χ2v) is 15.4. The van der Waals surface area contributed by atoms with Crippen molar-refractivity contribution in [3.8, 4) is 11.6 Å². The van der Waals surface area contributed by atoms with E-state index < -0.39 is 68.6 Å². The van der Waals surface area contributed by atoms with Crippen LogP contribution in [0.5, 0.6) is 11.6 Å². The molecule has 5 rings (SSSR count). The van der Waals surface area contributed by atoms with E-state index in [-0.39, 0.29) is 18.9 Å². The lowest BCUT2D eigenvalue weighted by Gasteiger charge is -2.30. The summed E-state index contributed by atoms with van der Waals surface area (Å²) in [5, 5.41) is 5.14. The van der Waals surface area contributed by atoms with Crippen molar-refractivity contribution in [2.24, 2.45) is 11.3 Å². The molecule has 13 nitrogen and oxygen atoms in total. The Bertz CT molecular complexity index is 1470. The highest BCUT2D eigenvalue weighted by molar-refractivity contribution is 7.90. The quantitative estimate of drug-likeness (QED) is 0.333. The maximum absolute atomic E-state index is 14.3. The Morgan fingerprint density at radius 2 is 1.91 bits per heavy atom. The fourth-order valence-corrected chi connectivity index (χ4v) is 7.35. The third-order valence-corrected chi connectivity index (χ3v) is 11.3. The highest BCUT2D eigenvalue weighted by Gasteiger charge is 2.48. The van der Waals surface area contributed by atoms with Crippen molar-refractivity contribution in [1.29, 1.82) is 0 Å². The summed E-state index contributed by atoms with van der Waals surface area (Å²) in [6, 6.07) is 0.230. The van der Waals surface area contributed by atoms with Crippen molar-refractivity contribution in [1.82, 2.24) is 25.2 Å². The molecule has 2 aliphatic heterocycles. The minimum atomic E-state index is -3.86. The van der Waals surface area contributed by atoms with E-state index in [4.69, 9.17) is 9.47 Å². The molecule has 5 unspecified atom stereocenters. The van der Waals surface area contributed by atoms with Crippen LogP contribution in [0, 0.1) is 11.3 Å². The van der Waals surface area contributed by atoms with Gasteiger partial charge in [0.2, 0.25) is 33.6 Å². The van der Waals surface area contributed by atoms with Gasteiger partial charge in [-0.1, -0.05) is 38.8 Å². The Morgan fingerprint density at radius 1 is 1.15 bits per heavy atom. The molecule has 5 atom stereocenters. The van der Waals surface area contributed by atoms with E-state index in [0.717, 1.165) is 25.7 Å². The predicted molar refractivity (Wildman–Crippen MR) is 173 cm³/mol. The zero-order valence-electron chi connectivity index (χ0n) is 27.4. The van der Waals surface area contributed by atoms with Crippen LogP contribution < -0.4 is 24.8 Å². The van der Waals surface area contributed by atoms with E-state index in [1.807, 2.05) is 26.0 Å². The predicted octanol–water partition coefficient (Wildman–Crippen LogP) is 2.36. The average Bonchev–Trinajstić information content (AvgIpc) is 3.96. The second-order valence-electron chi connectivity index (χ2n) is 13.5. The van der Waals surface area contributed by atoms with Gasteiger partial charge in [0.25, 0.3) is 5.91 Å². The van der Waals surface area contributed by atoms with E-state index in [0.29, 0.717) is 50.3 Å². The summed E-state index contributed by atoms with van der Waals surface area (Å²) >= 11 is 0. The third-order valence-electron chi connectivity index (χ3n) is 9.42. The molecule has 2 saturated carbocycles. The van der Waals surface area contributed by atoms with Gasteiger partial charge in [-0.15, -0.1) is 0 Å². The molecule has 4 amide bonds. The lowest BCUT2D eigenvalue weighted by Crippen LogP contribution is -2.58. The van der Waals surface area contributed by atoms with Gasteiger partial charge < -0.3 is 25.0 Å². The number of hydrogen-bond donors (Lipinski definition) is 3. The third kappa shape index (κ3) is 8.82. The molecule has 4 aliphatic rings. The Morgan fingerprint density at radius 3 is 2.62 bits per heavy atom. The average molecular weight is 674 g/mol. The van der Waals surface area contributed by atoms with Crippen molar-refractivity contribution in [2.45, 2.75) is 114 Å². The molecule has 1 aromatic rings. The number of carbonyl (C=O) groups is 4. The summed E-state index contributed by atoms with van der Waals surface area (Å²) in [5.41, 5.74) is -0.493. The smallest absolute Gasteiger partial charge is 0.256 e. The van der Waals surface area contributed by atoms with Crippen molar-refractivity contribution in [3.63, 3.8) is 0 Å². The fraction of sp³-hybridized carbons (Fsp3) is 0.667. The van der Waals surface area contributed by atoms with Crippen LogP contribution in [-0.4, -0.2) is 84.6 Å². The van der Waals surface area contributed by atoms with E-state index in [9.17, 15) is 27.6 Å². The van der Waals surface area contributed by atoms with Crippen LogP contribution in [0.15, 0.2) is 30.5 Å². The summed E-state index contributed by atoms with van der Waals surface area (Å²) in [7, 11) is -3.86. The molecule has 2 aliphatic carbocycles. The van der Waals surface area contributed by atoms with Crippen molar-refractivity contribution in [2.75, 3.05) is 13.2 Å².